The molecule has 0 aromatic rings. The fraction of sp³-hybridized carbons (Fsp3) is 0.556. The average molecular weight is 489 g/mol. The molecule has 0 aliphatic carbocycles. The van der Waals surface area contributed by atoms with Crippen molar-refractivity contribution in [2.24, 2.45) is 0 Å². The van der Waals surface area contributed by atoms with Crippen molar-refractivity contribution in [2.75, 3.05) is 37.7 Å². The predicted molar refractivity (Wildman–Crippen MR) is 120 cm³/mol. The second-order valence-corrected chi connectivity index (χ2v) is 9.93. The van der Waals surface area contributed by atoms with Crippen LogP contribution in [0.3, 0.4) is 0 Å². The summed E-state index contributed by atoms with van der Waals surface area (Å²) in [7, 11) is 3.08. The maximum atomic E-state index is 11.8. The van der Waals surface area contributed by atoms with Crippen molar-refractivity contribution >= 4 is 69.7 Å². The minimum atomic E-state index is -0.607. The number of hydrogen-bond acceptors (Lipinski definition) is 9. The standard InChI is InChI=1S/C18H24N4O6S3/c23-13(3-7-21-15(25)1-2-16(21)26)19-5-9-30-31-10-6-20-14(24)4-8-22-17(27)11-12(29)18(22)28/h1-2,12,29H,3-11H2,(H,19,23)(H,20,24). The summed E-state index contributed by atoms with van der Waals surface area (Å²) in [4.78, 5) is 71.7. The van der Waals surface area contributed by atoms with Gasteiger partial charge in [-0.25, -0.2) is 0 Å². The predicted octanol–water partition coefficient (Wildman–Crippen LogP) is -0.637. The number of amides is 6. The molecule has 1 fully saturated rings. The first-order chi connectivity index (χ1) is 14.8. The first kappa shape index (κ1) is 25.3. The quantitative estimate of drug-likeness (QED) is 0.135. The molecule has 0 radical (unpaired) electrons. The van der Waals surface area contributed by atoms with E-state index in [4.69, 9.17) is 0 Å². The number of likely N-dealkylation sites (tertiary alicyclic amines) is 1. The Morgan fingerprint density at radius 3 is 1.84 bits per heavy atom. The van der Waals surface area contributed by atoms with Gasteiger partial charge in [-0.15, -0.1) is 0 Å². The van der Waals surface area contributed by atoms with Gasteiger partial charge in [0.15, 0.2) is 0 Å². The van der Waals surface area contributed by atoms with Gasteiger partial charge in [0.1, 0.15) is 0 Å². The van der Waals surface area contributed by atoms with E-state index >= 15 is 0 Å². The highest BCUT2D eigenvalue weighted by Gasteiger charge is 2.36. The van der Waals surface area contributed by atoms with E-state index in [1.807, 2.05) is 0 Å². The zero-order valence-corrected chi connectivity index (χ0v) is 19.2. The first-order valence-corrected chi connectivity index (χ1v) is 12.6. The molecule has 0 aromatic carbocycles. The van der Waals surface area contributed by atoms with Crippen LogP contribution in [-0.4, -0.2) is 88.2 Å². The third-order valence-electron chi connectivity index (χ3n) is 4.34. The van der Waals surface area contributed by atoms with Gasteiger partial charge >= 0.3 is 0 Å². The average Bonchev–Trinajstić information content (AvgIpc) is 3.17. The molecule has 1 atom stereocenters. The number of carbonyl (C=O) groups excluding carboxylic acids is 6. The van der Waals surface area contributed by atoms with Crippen LogP contribution in [0.25, 0.3) is 0 Å². The molecule has 31 heavy (non-hydrogen) atoms. The third-order valence-corrected chi connectivity index (χ3v) is 7.16. The van der Waals surface area contributed by atoms with E-state index in [1.165, 1.54) is 12.2 Å². The van der Waals surface area contributed by atoms with Crippen LogP contribution >= 0.6 is 34.2 Å². The van der Waals surface area contributed by atoms with Crippen LogP contribution in [0, 0.1) is 0 Å². The summed E-state index contributed by atoms with van der Waals surface area (Å²) < 4.78 is 0. The Hall–Kier alpha value is -1.99. The first-order valence-electron chi connectivity index (χ1n) is 9.63. The molecule has 1 saturated heterocycles. The summed E-state index contributed by atoms with van der Waals surface area (Å²) in [6, 6.07) is 0. The van der Waals surface area contributed by atoms with Crippen LogP contribution in [0.1, 0.15) is 19.3 Å². The van der Waals surface area contributed by atoms with Crippen LogP contribution in [0.5, 0.6) is 0 Å². The highest BCUT2D eigenvalue weighted by molar-refractivity contribution is 8.76. The van der Waals surface area contributed by atoms with Crippen molar-refractivity contribution < 1.29 is 28.8 Å². The molecule has 0 aromatic heterocycles. The van der Waals surface area contributed by atoms with E-state index in [9.17, 15) is 28.8 Å². The number of hydrogen-bond donors (Lipinski definition) is 3. The summed E-state index contributed by atoms with van der Waals surface area (Å²) in [6.45, 7) is 1.03. The lowest BCUT2D eigenvalue weighted by Crippen LogP contribution is -2.35. The van der Waals surface area contributed by atoms with E-state index < -0.39 is 17.1 Å². The molecule has 2 rings (SSSR count). The van der Waals surface area contributed by atoms with Gasteiger partial charge in [0, 0.05) is 69.1 Å². The molecule has 2 N–H and O–H groups in total. The molecular formula is C18H24N4O6S3. The maximum Gasteiger partial charge on any atom is 0.253 e. The van der Waals surface area contributed by atoms with Gasteiger partial charge in [-0.05, 0) is 0 Å². The number of thiol groups is 1. The summed E-state index contributed by atoms with van der Waals surface area (Å²) in [6.07, 6.45) is 2.57. The zero-order valence-electron chi connectivity index (χ0n) is 16.7. The number of imide groups is 2. The number of nitrogens with zero attached hydrogens (tertiary/aromatic N) is 2. The van der Waals surface area contributed by atoms with Gasteiger partial charge in [0.05, 0.1) is 5.25 Å². The van der Waals surface area contributed by atoms with Crippen LogP contribution < -0.4 is 10.6 Å². The maximum absolute atomic E-state index is 11.8. The summed E-state index contributed by atoms with van der Waals surface area (Å²) in [5.41, 5.74) is 0. The highest BCUT2D eigenvalue weighted by atomic mass is 33.1. The molecule has 10 nitrogen and oxygen atoms in total. The Balaban J connectivity index is 1.42. The minimum Gasteiger partial charge on any atom is -0.355 e. The lowest BCUT2D eigenvalue weighted by Gasteiger charge is -2.13. The van der Waals surface area contributed by atoms with Crippen LogP contribution in [-0.2, 0) is 28.8 Å². The van der Waals surface area contributed by atoms with Crippen molar-refractivity contribution in [1.82, 2.24) is 20.4 Å². The molecule has 13 heteroatoms. The molecule has 2 aliphatic heterocycles. The Labute approximate surface area is 193 Å². The SMILES string of the molecule is O=C(CCN1C(=O)C=CC1=O)NCCSSCCNC(=O)CCN1C(=O)CC(S)C1=O. The van der Waals surface area contributed by atoms with E-state index in [0.717, 1.165) is 9.80 Å². The summed E-state index contributed by atoms with van der Waals surface area (Å²) in [5.74, 6) is -0.589. The lowest BCUT2D eigenvalue weighted by molar-refractivity contribution is -0.140. The Morgan fingerprint density at radius 1 is 0.903 bits per heavy atom. The van der Waals surface area contributed by atoms with E-state index in [0.29, 0.717) is 24.6 Å². The molecule has 1 unspecified atom stereocenters. The molecule has 0 bridgehead atoms. The van der Waals surface area contributed by atoms with Crippen molar-refractivity contribution in [3.63, 3.8) is 0 Å². The number of rotatable bonds is 13. The van der Waals surface area contributed by atoms with Gasteiger partial charge in [0.2, 0.25) is 23.6 Å². The fourth-order valence-corrected chi connectivity index (χ4v) is 4.85. The van der Waals surface area contributed by atoms with Gasteiger partial charge < -0.3 is 10.6 Å². The molecule has 6 amide bonds. The molecule has 0 spiro atoms. The van der Waals surface area contributed by atoms with Crippen LogP contribution in [0.15, 0.2) is 12.2 Å². The molecule has 0 saturated carbocycles. The lowest BCUT2D eigenvalue weighted by atomic mass is 10.3. The molecule has 2 aliphatic rings. The normalized spacial score (nSPS) is 18.3. The van der Waals surface area contributed by atoms with Gasteiger partial charge in [0.25, 0.3) is 11.8 Å². The van der Waals surface area contributed by atoms with Crippen molar-refractivity contribution in [3.05, 3.63) is 12.2 Å². The van der Waals surface area contributed by atoms with Crippen LogP contribution in [0.4, 0.5) is 0 Å². The van der Waals surface area contributed by atoms with Crippen LogP contribution in [0.2, 0.25) is 0 Å². The third kappa shape index (κ3) is 8.22. The molecule has 2 heterocycles. The van der Waals surface area contributed by atoms with Crippen molar-refractivity contribution in [1.29, 1.82) is 0 Å². The van der Waals surface area contributed by atoms with Gasteiger partial charge in [-0.3, -0.25) is 38.6 Å². The van der Waals surface area contributed by atoms with Crippen molar-refractivity contribution in [3.8, 4) is 0 Å². The van der Waals surface area contributed by atoms with Gasteiger partial charge in [-0.1, -0.05) is 21.6 Å². The second-order valence-electron chi connectivity index (χ2n) is 6.61. The topological polar surface area (TPSA) is 133 Å². The fourth-order valence-electron chi connectivity index (χ4n) is 2.74. The molecule has 170 valence electrons. The van der Waals surface area contributed by atoms with E-state index in [2.05, 4.69) is 23.3 Å². The molecular weight excluding hydrogens is 464 g/mol. The van der Waals surface area contributed by atoms with E-state index in [1.54, 1.807) is 21.6 Å². The Kier molecular flexibility index (Phi) is 10.4. The zero-order chi connectivity index (χ0) is 22.8. The smallest absolute Gasteiger partial charge is 0.253 e. The second kappa shape index (κ2) is 12.8. The van der Waals surface area contributed by atoms with Gasteiger partial charge in [-0.2, -0.15) is 12.6 Å². The number of carbonyl (C=O) groups is 6. The van der Waals surface area contributed by atoms with E-state index in [-0.39, 0.29) is 56.0 Å². The Bertz CT molecular complexity index is 757. The minimum absolute atomic E-state index is 0.0618. The summed E-state index contributed by atoms with van der Waals surface area (Å²) >= 11 is 4.03. The highest BCUT2D eigenvalue weighted by Crippen LogP contribution is 2.19. The number of nitrogens with one attached hydrogen (secondary N) is 2. The van der Waals surface area contributed by atoms with Crippen molar-refractivity contribution in [2.45, 2.75) is 24.5 Å². The summed E-state index contributed by atoms with van der Waals surface area (Å²) in [5, 5.41) is 4.85. The largest absolute Gasteiger partial charge is 0.355 e. The monoisotopic (exact) mass is 488 g/mol. The Morgan fingerprint density at radius 2 is 1.39 bits per heavy atom.